The van der Waals surface area contributed by atoms with Gasteiger partial charge in [-0.3, -0.25) is 9.69 Å². The number of thiazole rings is 1. The van der Waals surface area contributed by atoms with Crippen LogP contribution in [-0.2, 0) is 0 Å². The molecule has 0 aliphatic carbocycles. The highest BCUT2D eigenvalue weighted by molar-refractivity contribution is 7.22. The van der Waals surface area contributed by atoms with Crippen LogP contribution in [0.1, 0.15) is 32.1 Å². The van der Waals surface area contributed by atoms with Crippen molar-refractivity contribution in [2.75, 3.05) is 43.4 Å². The first-order chi connectivity index (χ1) is 19.8. The average Bonchev–Trinajstić information content (AvgIpc) is 3.69. The normalized spacial score (nSPS) is 27.8. The minimum Gasteiger partial charge on any atom is -0.461 e. The first-order valence-electron chi connectivity index (χ1n) is 14.2. The number of nitrogens with zero attached hydrogens (tertiary/aromatic N) is 5. The molecule has 10 nitrogen and oxygen atoms in total. The second-order valence-corrected chi connectivity index (χ2v) is 12.9. The molecule has 0 spiro atoms. The summed E-state index contributed by atoms with van der Waals surface area (Å²) in [6.07, 6.45) is 3.67. The topological polar surface area (TPSA) is 125 Å². The molecule has 1 aromatic carbocycles. The van der Waals surface area contributed by atoms with Crippen LogP contribution in [-0.4, -0.2) is 81.4 Å². The third-order valence-corrected chi connectivity index (χ3v) is 10.1. The molecule has 13 heteroatoms. The third kappa shape index (κ3) is 4.16. The Morgan fingerprint density at radius 2 is 1.98 bits per heavy atom. The van der Waals surface area contributed by atoms with Crippen molar-refractivity contribution in [3.8, 4) is 17.1 Å². The number of nitrogen functional groups attached to an aromatic ring is 1. The van der Waals surface area contributed by atoms with E-state index >= 15 is 0 Å². The van der Waals surface area contributed by atoms with Gasteiger partial charge in [-0.05, 0) is 50.4 Å². The fraction of sp³-hybridized carbons (Fsp3) is 0.500. The molecule has 4 aliphatic rings. The second kappa shape index (κ2) is 9.30. The lowest BCUT2D eigenvalue weighted by Crippen LogP contribution is -2.51. The molecule has 4 aromatic rings. The molecule has 214 valence electrons. The summed E-state index contributed by atoms with van der Waals surface area (Å²) in [5.74, 6) is 0.177. The highest BCUT2D eigenvalue weighted by Gasteiger charge is 2.49. The van der Waals surface area contributed by atoms with E-state index in [4.69, 9.17) is 20.4 Å². The number of anilines is 2. The second-order valence-electron chi connectivity index (χ2n) is 11.8. The fourth-order valence-electron chi connectivity index (χ4n) is 7.37. The number of hydrogen-bond donors (Lipinski definition) is 3. The van der Waals surface area contributed by atoms with Crippen molar-refractivity contribution >= 4 is 43.5 Å². The Hall–Kier alpha value is -3.42. The number of halogens is 2. The van der Waals surface area contributed by atoms with Gasteiger partial charge in [0.2, 0.25) is 0 Å². The summed E-state index contributed by atoms with van der Waals surface area (Å²) in [6.45, 7) is 3.12. The maximum absolute atomic E-state index is 14.5. The molecular formula is C28H30F2N8O2S. The summed E-state index contributed by atoms with van der Waals surface area (Å²) >= 11 is 1.04. The Bertz CT molecular complexity index is 1730. The fourth-order valence-corrected chi connectivity index (χ4v) is 8.14. The van der Waals surface area contributed by atoms with Gasteiger partial charge in [0.05, 0.1) is 26.8 Å². The van der Waals surface area contributed by atoms with E-state index in [1.54, 1.807) is 12.1 Å². The molecule has 8 rings (SSSR count). The van der Waals surface area contributed by atoms with E-state index in [-0.39, 0.29) is 22.2 Å². The Labute approximate surface area is 237 Å². The van der Waals surface area contributed by atoms with E-state index in [2.05, 4.69) is 25.1 Å². The van der Waals surface area contributed by atoms with Gasteiger partial charge in [0.25, 0.3) is 5.56 Å². The molecule has 41 heavy (non-hydrogen) atoms. The number of alkyl halides is 1. The summed E-state index contributed by atoms with van der Waals surface area (Å²) in [4.78, 5) is 34.8. The molecule has 0 amide bonds. The van der Waals surface area contributed by atoms with Crippen LogP contribution in [0.2, 0.25) is 0 Å². The number of fused-ring (bicyclic) bond motifs is 5. The molecule has 0 saturated carbocycles. The lowest BCUT2D eigenvalue weighted by atomic mass is 9.95. The Kier molecular flexibility index (Phi) is 5.74. The molecule has 2 unspecified atom stereocenters. The molecule has 4 fully saturated rings. The van der Waals surface area contributed by atoms with Crippen molar-refractivity contribution in [3.63, 3.8) is 0 Å². The standard InChI is InChI=1S/C28H30F2N8O2S/c29-14-9-28(6-1-7-38(28)10-14)13-40-27-33-20-8-18(17-4-5-19(30)23-21(17)35-26(31)41-23)25(39)34-22(20)24(36-27)37-11-15-2-3-16(12-37)32-15/h4-5,8,14-16,32H,1-3,6-7,9-13H2,(H2,31,35)(H,34,39)/t14-,15?,16?,28+/m1/s1. The number of rotatable bonds is 5. The van der Waals surface area contributed by atoms with Gasteiger partial charge in [-0.15, -0.1) is 0 Å². The molecular weight excluding hydrogens is 550 g/mol. The number of pyridine rings is 1. The van der Waals surface area contributed by atoms with Gasteiger partial charge < -0.3 is 25.7 Å². The summed E-state index contributed by atoms with van der Waals surface area (Å²) in [6, 6.07) is 5.45. The van der Waals surface area contributed by atoms with E-state index in [1.807, 2.05) is 0 Å². The predicted molar refractivity (Wildman–Crippen MR) is 154 cm³/mol. The first-order valence-corrected chi connectivity index (χ1v) is 15.0. The number of hydrogen-bond acceptors (Lipinski definition) is 10. The van der Waals surface area contributed by atoms with Crippen molar-refractivity contribution in [1.82, 2.24) is 30.2 Å². The van der Waals surface area contributed by atoms with Gasteiger partial charge >= 0.3 is 6.01 Å². The Morgan fingerprint density at radius 1 is 1.15 bits per heavy atom. The average molecular weight is 581 g/mol. The number of aromatic amines is 1. The minimum absolute atomic E-state index is 0.196. The van der Waals surface area contributed by atoms with Gasteiger partial charge in [-0.2, -0.15) is 9.97 Å². The number of piperazine rings is 1. The van der Waals surface area contributed by atoms with Gasteiger partial charge in [0.15, 0.2) is 10.9 Å². The number of ether oxygens (including phenoxy) is 1. The molecule has 2 bridgehead atoms. The summed E-state index contributed by atoms with van der Waals surface area (Å²) in [5.41, 5.74) is 7.34. The van der Waals surface area contributed by atoms with Crippen LogP contribution >= 0.6 is 11.3 Å². The maximum atomic E-state index is 14.5. The van der Waals surface area contributed by atoms with Gasteiger partial charge in [-0.25, -0.2) is 13.8 Å². The molecule has 3 aromatic heterocycles. The van der Waals surface area contributed by atoms with Gasteiger partial charge in [0, 0.05) is 43.7 Å². The third-order valence-electron chi connectivity index (χ3n) is 9.21. The number of benzene rings is 1. The summed E-state index contributed by atoms with van der Waals surface area (Å²) in [7, 11) is 0. The minimum atomic E-state index is -0.858. The van der Waals surface area contributed by atoms with Crippen LogP contribution in [0.15, 0.2) is 23.0 Å². The van der Waals surface area contributed by atoms with E-state index in [1.165, 1.54) is 6.07 Å². The zero-order valence-electron chi connectivity index (χ0n) is 22.3. The quantitative estimate of drug-likeness (QED) is 0.326. The monoisotopic (exact) mass is 580 g/mol. The lowest BCUT2D eigenvalue weighted by Gasteiger charge is -2.34. The predicted octanol–water partition coefficient (Wildman–Crippen LogP) is 3.21. The van der Waals surface area contributed by atoms with E-state index in [0.717, 1.165) is 56.7 Å². The molecule has 4 atom stereocenters. The highest BCUT2D eigenvalue weighted by Crippen LogP contribution is 2.41. The number of aromatic nitrogens is 4. The largest absolute Gasteiger partial charge is 0.461 e. The highest BCUT2D eigenvalue weighted by atomic mass is 32.1. The van der Waals surface area contributed by atoms with Crippen molar-refractivity contribution < 1.29 is 13.5 Å². The molecule has 0 radical (unpaired) electrons. The SMILES string of the molecule is Nc1nc2c(-c3cc4nc(OC[C@@]56CCCN5C[C@H](F)C6)nc(N5CC6CCC(C5)N6)c4[nH]c3=O)ccc(F)c2s1. The van der Waals surface area contributed by atoms with Crippen molar-refractivity contribution in [1.29, 1.82) is 0 Å². The zero-order chi connectivity index (χ0) is 27.9. The van der Waals surface area contributed by atoms with Gasteiger partial charge in [-0.1, -0.05) is 11.3 Å². The Morgan fingerprint density at radius 3 is 2.80 bits per heavy atom. The molecule has 4 aliphatic heterocycles. The number of nitrogens with one attached hydrogen (secondary N) is 2. The van der Waals surface area contributed by atoms with E-state index < -0.39 is 12.0 Å². The van der Waals surface area contributed by atoms with Gasteiger partial charge in [0.1, 0.15) is 24.1 Å². The number of H-pyrrole nitrogens is 1. The molecule has 4 N–H and O–H groups in total. The van der Waals surface area contributed by atoms with Crippen LogP contribution in [0.4, 0.5) is 19.7 Å². The number of nitrogens with two attached hydrogens (primary N) is 1. The lowest BCUT2D eigenvalue weighted by molar-refractivity contribution is 0.107. The van der Waals surface area contributed by atoms with Crippen LogP contribution in [0.3, 0.4) is 0 Å². The van der Waals surface area contributed by atoms with Crippen LogP contribution in [0, 0.1) is 5.82 Å². The maximum Gasteiger partial charge on any atom is 0.319 e. The molecule has 7 heterocycles. The van der Waals surface area contributed by atoms with Crippen molar-refractivity contribution in [2.45, 2.75) is 55.9 Å². The zero-order valence-corrected chi connectivity index (χ0v) is 23.1. The molecule has 4 saturated heterocycles. The van der Waals surface area contributed by atoms with E-state index in [9.17, 15) is 13.6 Å². The van der Waals surface area contributed by atoms with E-state index in [0.29, 0.717) is 69.9 Å². The van der Waals surface area contributed by atoms with Crippen LogP contribution in [0.25, 0.3) is 32.4 Å². The first kappa shape index (κ1) is 25.3. The smallest absolute Gasteiger partial charge is 0.319 e. The summed E-state index contributed by atoms with van der Waals surface area (Å²) in [5, 5.41) is 3.86. The van der Waals surface area contributed by atoms with Crippen molar-refractivity contribution in [2.24, 2.45) is 0 Å². The Balaban J connectivity index is 1.24. The summed E-state index contributed by atoms with van der Waals surface area (Å²) < 4.78 is 35.5. The van der Waals surface area contributed by atoms with Crippen molar-refractivity contribution in [3.05, 3.63) is 34.4 Å². The van der Waals surface area contributed by atoms with Crippen LogP contribution in [0.5, 0.6) is 6.01 Å². The van der Waals surface area contributed by atoms with Crippen LogP contribution < -0.4 is 26.2 Å².